The number of nitrogens with one attached hydrogen (secondary N) is 1. The highest BCUT2D eigenvalue weighted by atomic mass is 16.2. The molecule has 0 fully saturated rings. The zero-order valence-electron chi connectivity index (χ0n) is 16.1. The van der Waals surface area contributed by atoms with Gasteiger partial charge in [-0.25, -0.2) is 9.97 Å². The molecule has 28 heavy (non-hydrogen) atoms. The Labute approximate surface area is 164 Å². The maximum atomic E-state index is 12.8. The number of benzene rings is 2. The number of amides is 1. The first-order chi connectivity index (χ1) is 13.4. The number of carbonyl (C=O) groups excluding carboxylic acids is 2. The fourth-order valence-corrected chi connectivity index (χ4v) is 2.80. The van der Waals surface area contributed by atoms with Crippen LogP contribution in [0.15, 0.2) is 60.7 Å². The first-order valence-corrected chi connectivity index (χ1v) is 8.95. The van der Waals surface area contributed by atoms with E-state index in [-0.39, 0.29) is 11.7 Å². The fourth-order valence-electron chi connectivity index (χ4n) is 2.80. The molecule has 0 aliphatic carbocycles. The zero-order chi connectivity index (χ0) is 20.1. The molecule has 6 nitrogen and oxygen atoms in total. The van der Waals surface area contributed by atoms with Crippen molar-refractivity contribution >= 4 is 23.3 Å². The van der Waals surface area contributed by atoms with Crippen LogP contribution in [0.1, 0.15) is 39.0 Å². The summed E-state index contributed by atoms with van der Waals surface area (Å²) in [5.41, 5.74) is 3.32. The van der Waals surface area contributed by atoms with Gasteiger partial charge in [-0.2, -0.15) is 0 Å². The smallest absolute Gasteiger partial charge is 0.272 e. The predicted molar refractivity (Wildman–Crippen MR) is 109 cm³/mol. The second-order valence-electron chi connectivity index (χ2n) is 6.63. The Bertz CT molecular complexity index is 1000. The average molecular weight is 374 g/mol. The standard InChI is InChI=1S/C22H22N4O2/c1-15-12-20(21(28)26(3)14-17-8-5-4-6-9-17)25-22(23-15)24-19-11-7-10-18(13-19)16(2)27/h4-13H,14H2,1-3H3,(H,23,24,25). The number of rotatable bonds is 6. The van der Waals surface area contributed by atoms with Crippen molar-refractivity contribution in [1.82, 2.24) is 14.9 Å². The molecule has 0 saturated carbocycles. The normalized spacial score (nSPS) is 10.4. The van der Waals surface area contributed by atoms with Gasteiger partial charge in [-0.1, -0.05) is 42.5 Å². The highest BCUT2D eigenvalue weighted by molar-refractivity contribution is 5.95. The minimum Gasteiger partial charge on any atom is -0.336 e. The Hall–Kier alpha value is -3.54. The van der Waals surface area contributed by atoms with Gasteiger partial charge in [0.05, 0.1) is 0 Å². The highest BCUT2D eigenvalue weighted by Gasteiger charge is 2.16. The first-order valence-electron chi connectivity index (χ1n) is 8.95. The molecular weight excluding hydrogens is 352 g/mol. The number of carbonyl (C=O) groups is 2. The van der Waals surface area contributed by atoms with Crippen LogP contribution in [-0.2, 0) is 6.54 Å². The van der Waals surface area contributed by atoms with E-state index in [0.717, 1.165) is 5.56 Å². The van der Waals surface area contributed by atoms with E-state index in [0.29, 0.717) is 35.1 Å². The van der Waals surface area contributed by atoms with Gasteiger partial charge in [0.15, 0.2) is 5.78 Å². The second kappa shape index (κ2) is 8.43. The third-order valence-electron chi connectivity index (χ3n) is 4.21. The molecule has 1 heterocycles. The molecular formula is C22H22N4O2. The Morgan fingerprint density at radius 2 is 1.75 bits per heavy atom. The minimum absolute atomic E-state index is 0.0211. The number of nitrogens with zero attached hydrogens (tertiary/aromatic N) is 3. The van der Waals surface area contributed by atoms with Gasteiger partial charge < -0.3 is 10.2 Å². The van der Waals surface area contributed by atoms with Gasteiger partial charge in [-0.15, -0.1) is 0 Å². The van der Waals surface area contributed by atoms with Crippen molar-refractivity contribution < 1.29 is 9.59 Å². The van der Waals surface area contributed by atoms with E-state index in [9.17, 15) is 9.59 Å². The quantitative estimate of drug-likeness (QED) is 0.660. The molecule has 1 aromatic heterocycles. The van der Waals surface area contributed by atoms with Gasteiger partial charge in [0.2, 0.25) is 5.95 Å². The number of hydrogen-bond donors (Lipinski definition) is 1. The van der Waals surface area contributed by atoms with Crippen LogP contribution >= 0.6 is 0 Å². The number of aromatic nitrogens is 2. The van der Waals surface area contributed by atoms with Gasteiger partial charge in [0.1, 0.15) is 5.69 Å². The van der Waals surface area contributed by atoms with Gasteiger partial charge in [0, 0.05) is 30.5 Å². The van der Waals surface area contributed by atoms with E-state index in [1.54, 1.807) is 36.2 Å². The van der Waals surface area contributed by atoms with Crippen LogP contribution < -0.4 is 5.32 Å². The number of hydrogen-bond acceptors (Lipinski definition) is 5. The molecule has 0 aliphatic rings. The molecule has 0 aliphatic heterocycles. The summed E-state index contributed by atoms with van der Waals surface area (Å²) in [5, 5.41) is 3.08. The maximum Gasteiger partial charge on any atom is 0.272 e. The molecule has 1 amide bonds. The lowest BCUT2D eigenvalue weighted by Crippen LogP contribution is -2.27. The first kappa shape index (κ1) is 19.2. The summed E-state index contributed by atoms with van der Waals surface area (Å²) in [6.45, 7) is 3.82. The molecule has 0 radical (unpaired) electrons. The van der Waals surface area contributed by atoms with E-state index in [1.165, 1.54) is 6.92 Å². The van der Waals surface area contributed by atoms with Crippen molar-refractivity contribution in [2.75, 3.05) is 12.4 Å². The van der Waals surface area contributed by atoms with Crippen LogP contribution in [0.25, 0.3) is 0 Å². The molecule has 2 aromatic carbocycles. The fraction of sp³-hybridized carbons (Fsp3) is 0.182. The number of aryl methyl sites for hydroxylation is 1. The lowest BCUT2D eigenvalue weighted by atomic mass is 10.1. The second-order valence-corrected chi connectivity index (χ2v) is 6.63. The summed E-state index contributed by atoms with van der Waals surface area (Å²) in [7, 11) is 1.75. The van der Waals surface area contributed by atoms with E-state index >= 15 is 0 Å². The summed E-state index contributed by atoms with van der Waals surface area (Å²) in [6, 6.07) is 18.5. The molecule has 0 saturated heterocycles. The Morgan fingerprint density at radius 1 is 1.00 bits per heavy atom. The topological polar surface area (TPSA) is 75.2 Å². The van der Waals surface area contributed by atoms with Crippen molar-refractivity contribution in [2.45, 2.75) is 20.4 Å². The number of ketones is 1. The summed E-state index contributed by atoms with van der Waals surface area (Å²) >= 11 is 0. The predicted octanol–water partition coefficient (Wildman–Crippen LogP) is 4.00. The van der Waals surface area contributed by atoms with Crippen molar-refractivity contribution in [3.05, 3.63) is 83.2 Å². The average Bonchev–Trinajstić information content (AvgIpc) is 2.68. The maximum absolute atomic E-state index is 12.8. The van der Waals surface area contributed by atoms with E-state index in [1.807, 2.05) is 43.3 Å². The van der Waals surface area contributed by atoms with Crippen LogP contribution in [0.2, 0.25) is 0 Å². The van der Waals surface area contributed by atoms with Crippen LogP contribution in [0.4, 0.5) is 11.6 Å². The van der Waals surface area contributed by atoms with Gasteiger partial charge in [-0.05, 0) is 37.6 Å². The number of Topliss-reactive ketones (excluding diaryl/α,β-unsaturated/α-hetero) is 1. The van der Waals surface area contributed by atoms with Crippen molar-refractivity contribution in [3.63, 3.8) is 0 Å². The summed E-state index contributed by atoms with van der Waals surface area (Å²) in [6.07, 6.45) is 0. The zero-order valence-corrected chi connectivity index (χ0v) is 16.1. The molecule has 0 atom stereocenters. The van der Waals surface area contributed by atoms with Crippen LogP contribution in [0, 0.1) is 6.92 Å². The van der Waals surface area contributed by atoms with Crippen LogP contribution in [0.3, 0.4) is 0 Å². The lowest BCUT2D eigenvalue weighted by Gasteiger charge is -2.17. The monoisotopic (exact) mass is 374 g/mol. The van der Waals surface area contributed by atoms with E-state index < -0.39 is 0 Å². The van der Waals surface area contributed by atoms with Gasteiger partial charge >= 0.3 is 0 Å². The van der Waals surface area contributed by atoms with Gasteiger partial charge in [0.25, 0.3) is 5.91 Å². The Kier molecular flexibility index (Phi) is 5.79. The molecule has 3 aromatic rings. The molecule has 3 rings (SSSR count). The Balaban J connectivity index is 1.80. The van der Waals surface area contributed by atoms with Crippen molar-refractivity contribution in [3.8, 4) is 0 Å². The highest BCUT2D eigenvalue weighted by Crippen LogP contribution is 2.17. The molecule has 0 spiro atoms. The SMILES string of the molecule is CC(=O)c1cccc(Nc2nc(C)cc(C(=O)N(C)Cc3ccccc3)n2)c1. The molecule has 6 heteroatoms. The largest absolute Gasteiger partial charge is 0.336 e. The van der Waals surface area contributed by atoms with E-state index in [2.05, 4.69) is 15.3 Å². The third-order valence-corrected chi connectivity index (χ3v) is 4.21. The molecule has 142 valence electrons. The van der Waals surface area contributed by atoms with Gasteiger partial charge in [-0.3, -0.25) is 9.59 Å². The van der Waals surface area contributed by atoms with Crippen molar-refractivity contribution in [1.29, 1.82) is 0 Å². The Morgan fingerprint density at radius 3 is 2.46 bits per heavy atom. The molecule has 0 bridgehead atoms. The summed E-state index contributed by atoms with van der Waals surface area (Å²) in [4.78, 5) is 34.7. The third kappa shape index (κ3) is 4.79. The van der Waals surface area contributed by atoms with E-state index in [4.69, 9.17) is 0 Å². The van der Waals surface area contributed by atoms with Crippen LogP contribution in [-0.4, -0.2) is 33.6 Å². The summed E-state index contributed by atoms with van der Waals surface area (Å²) < 4.78 is 0. The molecule has 0 unspecified atom stereocenters. The summed E-state index contributed by atoms with van der Waals surface area (Å²) in [5.74, 6) is 0.110. The molecule has 1 N–H and O–H groups in total. The van der Waals surface area contributed by atoms with Crippen LogP contribution in [0.5, 0.6) is 0 Å². The lowest BCUT2D eigenvalue weighted by molar-refractivity contribution is 0.0779. The van der Waals surface area contributed by atoms with Crippen molar-refractivity contribution in [2.24, 2.45) is 0 Å². The minimum atomic E-state index is -0.185. The number of anilines is 2.